The van der Waals surface area contributed by atoms with Crippen molar-refractivity contribution in [2.24, 2.45) is 0 Å². The summed E-state index contributed by atoms with van der Waals surface area (Å²) in [6.45, 7) is 4.24. The lowest BCUT2D eigenvalue weighted by molar-refractivity contribution is -0.117. The number of aromatic nitrogens is 2. The molecule has 0 saturated carbocycles. The highest BCUT2D eigenvalue weighted by molar-refractivity contribution is 7.18. The van der Waals surface area contributed by atoms with Gasteiger partial charge >= 0.3 is 0 Å². The Morgan fingerprint density at radius 2 is 1.97 bits per heavy atom. The van der Waals surface area contributed by atoms with Crippen LogP contribution in [0.5, 0.6) is 5.75 Å². The summed E-state index contributed by atoms with van der Waals surface area (Å²) < 4.78 is 8.38. The number of hydrogen-bond acceptors (Lipinski definition) is 5. The predicted octanol–water partition coefficient (Wildman–Crippen LogP) is 4.94. The van der Waals surface area contributed by atoms with Crippen LogP contribution in [0.25, 0.3) is 22.0 Å². The van der Waals surface area contributed by atoms with E-state index in [0.29, 0.717) is 0 Å². The fraction of sp³-hybridized carbons (Fsp3) is 0.160. The Bertz CT molecular complexity index is 1320. The molecule has 1 amide bonds. The number of para-hydroxylation sites is 1. The highest BCUT2D eigenvalue weighted by Gasteiger charge is 2.14. The average Bonchev–Trinajstić information content (AvgIpc) is 3.35. The van der Waals surface area contributed by atoms with Crippen molar-refractivity contribution in [2.45, 2.75) is 20.4 Å². The van der Waals surface area contributed by atoms with Crippen LogP contribution < -0.4 is 10.1 Å². The van der Waals surface area contributed by atoms with Crippen molar-refractivity contribution < 1.29 is 9.53 Å². The number of amides is 1. The number of aryl methyl sites for hydroxylation is 1. The van der Waals surface area contributed by atoms with Crippen LogP contribution in [-0.4, -0.2) is 22.6 Å². The quantitative estimate of drug-likeness (QED) is 0.339. The third kappa shape index (κ3) is 4.27. The molecule has 0 saturated heterocycles. The Labute approximate surface area is 190 Å². The molecule has 6 nitrogen and oxygen atoms in total. The molecule has 2 aromatic carbocycles. The van der Waals surface area contributed by atoms with E-state index >= 15 is 0 Å². The molecule has 0 bridgehead atoms. The van der Waals surface area contributed by atoms with E-state index < -0.39 is 5.91 Å². The van der Waals surface area contributed by atoms with Gasteiger partial charge in [0.2, 0.25) is 0 Å². The van der Waals surface area contributed by atoms with Gasteiger partial charge in [0.15, 0.2) is 0 Å². The first kappa shape index (κ1) is 21.3. The molecule has 2 aromatic heterocycles. The zero-order valence-electron chi connectivity index (χ0n) is 18.0. The van der Waals surface area contributed by atoms with Crippen molar-refractivity contribution in [3.8, 4) is 17.5 Å². The van der Waals surface area contributed by atoms with Gasteiger partial charge < -0.3 is 14.6 Å². The third-order valence-corrected chi connectivity index (χ3v) is 6.24. The van der Waals surface area contributed by atoms with Gasteiger partial charge in [-0.15, -0.1) is 11.3 Å². The lowest BCUT2D eigenvalue weighted by Crippen LogP contribution is -2.23. The minimum Gasteiger partial charge on any atom is -0.497 e. The molecular formula is C25H22N4O2S. The Morgan fingerprint density at radius 3 is 2.66 bits per heavy atom. The van der Waals surface area contributed by atoms with E-state index in [0.717, 1.165) is 43.6 Å². The van der Waals surface area contributed by atoms with Crippen molar-refractivity contribution in [3.05, 3.63) is 82.1 Å². The minimum absolute atomic E-state index is 0.0566. The standard InChI is InChI=1S/C25H22N4O2S/c1-16-12-18(17(2)29(16)20-8-10-21(31-3)11-9-20)13-19(14-26)25(30)27-15-24-28-22-6-4-5-7-23(22)32-24/h4-13H,15H2,1-3H3,(H,27,30)/b19-13+. The molecule has 160 valence electrons. The van der Waals surface area contributed by atoms with E-state index in [-0.39, 0.29) is 12.1 Å². The summed E-state index contributed by atoms with van der Waals surface area (Å²) in [7, 11) is 1.63. The number of thiazole rings is 1. The highest BCUT2D eigenvalue weighted by Crippen LogP contribution is 2.25. The molecule has 0 aliphatic rings. The first-order chi connectivity index (χ1) is 15.5. The largest absolute Gasteiger partial charge is 0.497 e. The lowest BCUT2D eigenvalue weighted by Gasteiger charge is -2.10. The Kier molecular flexibility index (Phi) is 6.06. The number of carbonyl (C=O) groups is 1. The molecule has 0 unspecified atom stereocenters. The first-order valence-electron chi connectivity index (χ1n) is 10.1. The molecule has 0 aliphatic carbocycles. The summed E-state index contributed by atoms with van der Waals surface area (Å²) in [5.74, 6) is 0.369. The zero-order valence-corrected chi connectivity index (χ0v) is 18.9. The first-order valence-corrected chi connectivity index (χ1v) is 10.9. The third-order valence-electron chi connectivity index (χ3n) is 5.20. The molecule has 0 spiro atoms. The van der Waals surface area contributed by atoms with E-state index in [2.05, 4.69) is 14.9 Å². The average molecular weight is 443 g/mol. The summed E-state index contributed by atoms with van der Waals surface area (Å²) in [6.07, 6.45) is 1.63. The van der Waals surface area contributed by atoms with Crippen molar-refractivity contribution in [1.29, 1.82) is 5.26 Å². The number of fused-ring (bicyclic) bond motifs is 1. The smallest absolute Gasteiger partial charge is 0.262 e. The van der Waals surface area contributed by atoms with Gasteiger partial charge in [-0.2, -0.15) is 5.26 Å². The fourth-order valence-corrected chi connectivity index (χ4v) is 4.52. The summed E-state index contributed by atoms with van der Waals surface area (Å²) in [4.78, 5) is 17.2. The van der Waals surface area contributed by atoms with Gasteiger partial charge in [0.25, 0.3) is 5.91 Å². The number of carbonyl (C=O) groups excluding carboxylic acids is 1. The minimum atomic E-state index is -0.416. The summed E-state index contributed by atoms with van der Waals surface area (Å²) in [6, 6.07) is 19.6. The number of nitrogens with zero attached hydrogens (tertiary/aromatic N) is 3. The predicted molar refractivity (Wildman–Crippen MR) is 127 cm³/mol. The second-order valence-corrected chi connectivity index (χ2v) is 8.40. The van der Waals surface area contributed by atoms with Crippen molar-refractivity contribution >= 4 is 33.5 Å². The molecule has 0 aliphatic heterocycles. The van der Waals surface area contributed by atoms with E-state index in [4.69, 9.17) is 4.74 Å². The number of methoxy groups -OCH3 is 1. The highest BCUT2D eigenvalue weighted by atomic mass is 32.1. The van der Waals surface area contributed by atoms with Crippen LogP contribution >= 0.6 is 11.3 Å². The van der Waals surface area contributed by atoms with Gasteiger partial charge in [0.05, 0.1) is 23.9 Å². The number of benzene rings is 2. The van der Waals surface area contributed by atoms with Crippen LogP contribution in [0.2, 0.25) is 0 Å². The van der Waals surface area contributed by atoms with Crippen LogP contribution in [0.1, 0.15) is 22.0 Å². The normalized spacial score (nSPS) is 11.4. The molecule has 1 N–H and O–H groups in total. The second-order valence-electron chi connectivity index (χ2n) is 7.29. The molecule has 7 heteroatoms. The molecule has 32 heavy (non-hydrogen) atoms. The van der Waals surface area contributed by atoms with E-state index in [1.165, 1.54) is 11.3 Å². The van der Waals surface area contributed by atoms with Crippen LogP contribution in [0, 0.1) is 25.2 Å². The van der Waals surface area contributed by atoms with E-state index in [1.807, 2.05) is 74.5 Å². The molecule has 4 aromatic rings. The number of hydrogen-bond donors (Lipinski definition) is 1. The van der Waals surface area contributed by atoms with Crippen LogP contribution in [-0.2, 0) is 11.3 Å². The molecular weight excluding hydrogens is 420 g/mol. The SMILES string of the molecule is COc1ccc(-n2c(C)cc(/C=C(\C#N)C(=O)NCc3nc4ccccc4s3)c2C)cc1. The van der Waals surface area contributed by atoms with E-state index in [1.54, 1.807) is 13.2 Å². The van der Waals surface area contributed by atoms with Crippen LogP contribution in [0.15, 0.2) is 60.2 Å². The van der Waals surface area contributed by atoms with Gasteiger partial charge in [0.1, 0.15) is 22.4 Å². The maximum atomic E-state index is 12.7. The maximum Gasteiger partial charge on any atom is 0.262 e. The van der Waals surface area contributed by atoms with E-state index in [9.17, 15) is 10.1 Å². The van der Waals surface area contributed by atoms with Crippen molar-refractivity contribution in [3.63, 3.8) is 0 Å². The lowest BCUT2D eigenvalue weighted by atomic mass is 10.1. The molecule has 0 radical (unpaired) electrons. The zero-order chi connectivity index (χ0) is 22.7. The Morgan fingerprint density at radius 1 is 1.22 bits per heavy atom. The molecule has 0 atom stereocenters. The summed E-state index contributed by atoms with van der Waals surface area (Å²) in [5, 5.41) is 13.2. The number of nitrogens with one attached hydrogen (secondary N) is 1. The number of rotatable bonds is 6. The Hall–Kier alpha value is -3.89. The van der Waals surface area contributed by atoms with Gasteiger partial charge in [-0.25, -0.2) is 4.98 Å². The Balaban J connectivity index is 1.54. The van der Waals surface area contributed by atoms with Gasteiger partial charge in [-0.05, 0) is 68.0 Å². The molecule has 4 rings (SSSR count). The molecule has 0 fully saturated rings. The van der Waals surface area contributed by atoms with Crippen molar-refractivity contribution in [1.82, 2.24) is 14.9 Å². The number of ether oxygens (including phenoxy) is 1. The summed E-state index contributed by atoms with van der Waals surface area (Å²) >= 11 is 1.53. The van der Waals surface area contributed by atoms with Crippen molar-refractivity contribution in [2.75, 3.05) is 7.11 Å². The molecule has 2 heterocycles. The van der Waals surface area contributed by atoms with Gasteiger partial charge in [0, 0.05) is 17.1 Å². The summed E-state index contributed by atoms with van der Waals surface area (Å²) in [5.41, 5.74) is 4.72. The van der Waals surface area contributed by atoms with Gasteiger partial charge in [-0.1, -0.05) is 12.1 Å². The fourth-order valence-electron chi connectivity index (χ4n) is 3.61. The van der Waals surface area contributed by atoms with Crippen LogP contribution in [0.4, 0.5) is 0 Å². The number of nitriles is 1. The van der Waals surface area contributed by atoms with Crippen LogP contribution in [0.3, 0.4) is 0 Å². The second kappa shape index (κ2) is 9.08. The maximum absolute atomic E-state index is 12.7. The topological polar surface area (TPSA) is 79.9 Å². The monoisotopic (exact) mass is 442 g/mol. The van der Waals surface area contributed by atoms with Gasteiger partial charge in [-0.3, -0.25) is 4.79 Å².